The Hall–Kier alpha value is -2.76. The highest BCUT2D eigenvalue weighted by Crippen LogP contribution is 2.19. The summed E-state index contributed by atoms with van der Waals surface area (Å²) in [7, 11) is 0. The molecule has 3 rings (SSSR count). The Labute approximate surface area is 121 Å². The van der Waals surface area contributed by atoms with Gasteiger partial charge in [0.05, 0.1) is 11.9 Å². The highest BCUT2D eigenvalue weighted by atomic mass is 19.1. The van der Waals surface area contributed by atoms with E-state index in [1.54, 1.807) is 23.3 Å². The normalized spacial score (nSPS) is 12.1. The van der Waals surface area contributed by atoms with Crippen LogP contribution >= 0.6 is 0 Å². The van der Waals surface area contributed by atoms with Crippen LogP contribution in [0.2, 0.25) is 0 Å². The van der Waals surface area contributed by atoms with Crippen LogP contribution < -0.4 is 5.32 Å². The van der Waals surface area contributed by atoms with Crippen LogP contribution in [0.4, 0.5) is 10.1 Å². The molecule has 3 aromatic rings. The van der Waals surface area contributed by atoms with Gasteiger partial charge in [0.2, 0.25) is 0 Å². The average molecular weight is 283 g/mol. The molecule has 0 saturated heterocycles. The van der Waals surface area contributed by atoms with Gasteiger partial charge in [0.1, 0.15) is 18.5 Å². The smallest absolute Gasteiger partial charge is 0.155 e. The highest BCUT2D eigenvalue weighted by Gasteiger charge is 2.07. The van der Waals surface area contributed by atoms with Crippen molar-refractivity contribution in [2.75, 3.05) is 5.32 Å². The molecule has 5 nitrogen and oxygen atoms in total. The Morgan fingerprint density at radius 3 is 2.81 bits per heavy atom. The van der Waals surface area contributed by atoms with E-state index >= 15 is 0 Å². The van der Waals surface area contributed by atoms with E-state index in [2.05, 4.69) is 20.4 Å². The van der Waals surface area contributed by atoms with Crippen molar-refractivity contribution in [3.05, 3.63) is 66.6 Å². The van der Waals surface area contributed by atoms with Crippen LogP contribution in [-0.4, -0.2) is 19.7 Å². The molecule has 0 spiro atoms. The highest BCUT2D eigenvalue weighted by molar-refractivity contribution is 5.45. The second-order valence-electron chi connectivity index (χ2n) is 4.67. The second kappa shape index (κ2) is 5.70. The van der Waals surface area contributed by atoms with Crippen molar-refractivity contribution in [2.45, 2.75) is 13.0 Å². The van der Waals surface area contributed by atoms with Crippen molar-refractivity contribution in [2.24, 2.45) is 0 Å². The molecule has 1 aromatic carbocycles. The number of nitrogens with one attached hydrogen (secondary N) is 1. The van der Waals surface area contributed by atoms with Gasteiger partial charge < -0.3 is 5.32 Å². The van der Waals surface area contributed by atoms with Gasteiger partial charge in [0.25, 0.3) is 0 Å². The van der Waals surface area contributed by atoms with Gasteiger partial charge in [-0.1, -0.05) is 12.1 Å². The summed E-state index contributed by atoms with van der Waals surface area (Å²) in [5.74, 6) is 0.456. The standard InChI is InChI=1S/C15H14FN5/c1-11(12-3-2-4-13(16)7-12)20-14-5-6-15(18-8-14)21-10-17-9-19-21/h2-11,20H,1H3. The van der Waals surface area contributed by atoms with Crippen LogP contribution in [0.25, 0.3) is 5.82 Å². The minimum Gasteiger partial charge on any atom is -0.377 e. The lowest BCUT2D eigenvalue weighted by molar-refractivity contribution is 0.623. The average Bonchev–Trinajstić information content (AvgIpc) is 3.02. The molecule has 1 N–H and O–H groups in total. The summed E-state index contributed by atoms with van der Waals surface area (Å²) in [6, 6.07) is 10.3. The van der Waals surface area contributed by atoms with Crippen LogP contribution in [0, 0.1) is 5.82 Å². The van der Waals surface area contributed by atoms with Crippen molar-refractivity contribution in [1.82, 2.24) is 19.7 Å². The number of pyridine rings is 1. The van der Waals surface area contributed by atoms with Gasteiger partial charge in [-0.25, -0.2) is 19.0 Å². The first-order chi connectivity index (χ1) is 10.2. The van der Waals surface area contributed by atoms with Crippen LogP contribution in [0.1, 0.15) is 18.5 Å². The largest absolute Gasteiger partial charge is 0.377 e. The maximum atomic E-state index is 13.2. The van der Waals surface area contributed by atoms with Gasteiger partial charge in [-0.15, -0.1) is 0 Å². The van der Waals surface area contributed by atoms with Gasteiger partial charge in [0, 0.05) is 6.04 Å². The topological polar surface area (TPSA) is 55.6 Å². The molecule has 0 saturated carbocycles. The third kappa shape index (κ3) is 3.05. The van der Waals surface area contributed by atoms with Gasteiger partial charge >= 0.3 is 0 Å². The molecular weight excluding hydrogens is 269 g/mol. The van der Waals surface area contributed by atoms with E-state index in [0.29, 0.717) is 5.82 Å². The number of anilines is 1. The summed E-state index contributed by atoms with van der Waals surface area (Å²) in [6.07, 6.45) is 4.76. The van der Waals surface area contributed by atoms with E-state index in [1.165, 1.54) is 18.5 Å². The first-order valence-corrected chi connectivity index (χ1v) is 6.55. The second-order valence-corrected chi connectivity index (χ2v) is 4.67. The lowest BCUT2D eigenvalue weighted by Gasteiger charge is -2.15. The quantitative estimate of drug-likeness (QED) is 0.799. The molecule has 1 atom stereocenters. The Kier molecular flexibility index (Phi) is 3.59. The van der Waals surface area contributed by atoms with Crippen LogP contribution in [0.3, 0.4) is 0 Å². The van der Waals surface area contributed by atoms with Crippen LogP contribution in [0.5, 0.6) is 0 Å². The molecule has 1 unspecified atom stereocenters. The summed E-state index contributed by atoms with van der Waals surface area (Å²) in [5.41, 5.74) is 1.74. The zero-order valence-electron chi connectivity index (χ0n) is 11.4. The van der Waals surface area contributed by atoms with Crippen molar-refractivity contribution in [1.29, 1.82) is 0 Å². The molecule has 6 heteroatoms. The molecule has 0 aliphatic rings. The Balaban J connectivity index is 1.73. The predicted octanol–water partition coefficient (Wildman–Crippen LogP) is 2.97. The van der Waals surface area contributed by atoms with Crippen molar-refractivity contribution >= 4 is 5.69 Å². The fourth-order valence-corrected chi connectivity index (χ4v) is 2.04. The summed E-state index contributed by atoms with van der Waals surface area (Å²) >= 11 is 0. The monoisotopic (exact) mass is 283 g/mol. The Morgan fingerprint density at radius 2 is 2.14 bits per heavy atom. The van der Waals surface area contributed by atoms with E-state index in [1.807, 2.05) is 25.1 Å². The molecule has 0 aliphatic carbocycles. The van der Waals surface area contributed by atoms with E-state index < -0.39 is 0 Å². The Bertz CT molecular complexity index is 709. The van der Waals surface area contributed by atoms with Gasteiger partial charge in [-0.2, -0.15) is 5.10 Å². The van der Waals surface area contributed by atoms with E-state index in [9.17, 15) is 4.39 Å². The first-order valence-electron chi connectivity index (χ1n) is 6.55. The lowest BCUT2D eigenvalue weighted by Crippen LogP contribution is -2.07. The van der Waals surface area contributed by atoms with Gasteiger partial charge in [0.15, 0.2) is 5.82 Å². The summed E-state index contributed by atoms with van der Waals surface area (Å²) in [5, 5.41) is 7.30. The molecule has 2 heterocycles. The fourth-order valence-electron chi connectivity index (χ4n) is 2.04. The molecule has 0 fully saturated rings. The van der Waals surface area contributed by atoms with Gasteiger partial charge in [-0.05, 0) is 36.8 Å². The molecule has 2 aromatic heterocycles. The zero-order valence-corrected chi connectivity index (χ0v) is 11.4. The fraction of sp³-hybridized carbons (Fsp3) is 0.133. The molecular formula is C15H14FN5. The minimum atomic E-state index is -0.235. The maximum absolute atomic E-state index is 13.2. The number of hydrogen-bond acceptors (Lipinski definition) is 4. The maximum Gasteiger partial charge on any atom is 0.155 e. The molecule has 0 aliphatic heterocycles. The molecule has 21 heavy (non-hydrogen) atoms. The lowest BCUT2D eigenvalue weighted by atomic mass is 10.1. The summed E-state index contributed by atoms with van der Waals surface area (Å²) in [6.45, 7) is 1.97. The van der Waals surface area contributed by atoms with Crippen LogP contribution in [-0.2, 0) is 0 Å². The van der Waals surface area contributed by atoms with E-state index in [0.717, 1.165) is 11.3 Å². The number of benzene rings is 1. The third-order valence-corrected chi connectivity index (χ3v) is 3.13. The number of hydrogen-bond donors (Lipinski definition) is 1. The molecule has 0 radical (unpaired) electrons. The zero-order chi connectivity index (χ0) is 14.7. The van der Waals surface area contributed by atoms with Crippen molar-refractivity contribution in [3.63, 3.8) is 0 Å². The van der Waals surface area contributed by atoms with E-state index in [4.69, 9.17) is 0 Å². The summed E-state index contributed by atoms with van der Waals surface area (Å²) < 4.78 is 14.8. The van der Waals surface area contributed by atoms with Crippen molar-refractivity contribution in [3.8, 4) is 5.82 Å². The summed E-state index contributed by atoms with van der Waals surface area (Å²) in [4.78, 5) is 8.19. The van der Waals surface area contributed by atoms with Crippen LogP contribution in [0.15, 0.2) is 55.2 Å². The predicted molar refractivity (Wildman–Crippen MR) is 77.6 cm³/mol. The van der Waals surface area contributed by atoms with Crippen molar-refractivity contribution < 1.29 is 4.39 Å². The Morgan fingerprint density at radius 1 is 1.24 bits per heavy atom. The third-order valence-electron chi connectivity index (χ3n) is 3.13. The number of nitrogens with zero attached hydrogens (tertiary/aromatic N) is 4. The van der Waals surface area contributed by atoms with E-state index in [-0.39, 0.29) is 11.9 Å². The number of aromatic nitrogens is 4. The SMILES string of the molecule is CC(Nc1ccc(-n2cncn2)nc1)c1cccc(F)c1. The molecule has 0 amide bonds. The molecule has 0 bridgehead atoms. The minimum absolute atomic E-state index is 0.0141. The molecule has 106 valence electrons. The van der Waals surface area contributed by atoms with Gasteiger partial charge in [-0.3, -0.25) is 0 Å². The number of halogens is 1. The number of rotatable bonds is 4. The first kappa shape index (κ1) is 13.2.